The summed E-state index contributed by atoms with van der Waals surface area (Å²) < 4.78 is 12.4. The van der Waals surface area contributed by atoms with Gasteiger partial charge < -0.3 is 24.9 Å². The van der Waals surface area contributed by atoms with E-state index in [0.717, 1.165) is 16.5 Å². The molecule has 0 saturated heterocycles. The van der Waals surface area contributed by atoms with Crippen LogP contribution >= 0.6 is 12.4 Å². The third-order valence-electron chi connectivity index (χ3n) is 6.57. The molecule has 0 unspecified atom stereocenters. The SMILES string of the molecule is CCc1c2c(nc3ccc(O)cc13)-c1cc3c(c(=O)n1C2)COC(=O)[C@@]3(CC)OC(=O)CN.Cl. The van der Waals surface area contributed by atoms with E-state index in [2.05, 4.69) is 0 Å². The molecule has 3 N–H and O–H groups in total. The maximum Gasteiger partial charge on any atom is 0.355 e. The summed E-state index contributed by atoms with van der Waals surface area (Å²) in [4.78, 5) is 43.3. The largest absolute Gasteiger partial charge is 0.508 e. The second kappa shape index (κ2) is 8.41. The van der Waals surface area contributed by atoms with Crippen LogP contribution in [0, 0.1) is 0 Å². The number of halogens is 1. The van der Waals surface area contributed by atoms with Crippen LogP contribution in [-0.4, -0.2) is 33.1 Å². The number of phenols is 1. The summed E-state index contributed by atoms with van der Waals surface area (Å²) in [5.41, 5.74) is 7.73. The van der Waals surface area contributed by atoms with Crippen molar-refractivity contribution in [3.8, 4) is 17.1 Å². The van der Waals surface area contributed by atoms with Crippen LogP contribution in [0.15, 0.2) is 29.1 Å². The number of carbonyl (C=O) groups excluding carboxylic acids is 2. The van der Waals surface area contributed by atoms with E-state index in [9.17, 15) is 19.5 Å². The van der Waals surface area contributed by atoms with Gasteiger partial charge in [-0.3, -0.25) is 9.59 Å². The van der Waals surface area contributed by atoms with E-state index < -0.39 is 24.1 Å². The van der Waals surface area contributed by atoms with Crippen molar-refractivity contribution in [2.24, 2.45) is 5.73 Å². The quantitative estimate of drug-likeness (QED) is 0.420. The lowest BCUT2D eigenvalue weighted by molar-refractivity contribution is -0.188. The third-order valence-corrected chi connectivity index (χ3v) is 6.57. The molecule has 2 aliphatic heterocycles. The average molecular weight is 486 g/mol. The van der Waals surface area contributed by atoms with Gasteiger partial charge in [0.05, 0.1) is 35.6 Å². The van der Waals surface area contributed by atoms with Gasteiger partial charge in [-0.25, -0.2) is 9.78 Å². The number of ether oxygens (including phenoxy) is 2. The standard InChI is InChI=1S/C24H23N3O6.ClH/c1-3-13-14-7-12(28)5-6-18(14)26-21-15(13)10-27-19(21)8-17-16(22(27)30)11-32-23(31)24(17,4-2)33-20(29)9-25;/h5-8,28H,3-4,9-11,25H2,1-2H3;1H/t24-;/m0./s1. The van der Waals surface area contributed by atoms with Gasteiger partial charge in [0.1, 0.15) is 12.4 Å². The second-order valence-electron chi connectivity index (χ2n) is 8.22. The summed E-state index contributed by atoms with van der Waals surface area (Å²) in [5.74, 6) is -1.34. The number of benzene rings is 1. The molecular weight excluding hydrogens is 462 g/mol. The Kier molecular flexibility index (Phi) is 5.87. The minimum atomic E-state index is -1.74. The highest BCUT2D eigenvalue weighted by molar-refractivity contribution is 5.90. The Morgan fingerprint density at radius 1 is 1.26 bits per heavy atom. The number of aromatic nitrogens is 2. The fourth-order valence-corrected chi connectivity index (χ4v) is 4.95. The first-order valence-corrected chi connectivity index (χ1v) is 10.9. The van der Waals surface area contributed by atoms with Gasteiger partial charge >= 0.3 is 11.9 Å². The first kappa shape index (κ1) is 23.7. The molecule has 4 heterocycles. The van der Waals surface area contributed by atoms with Crippen molar-refractivity contribution in [3.63, 3.8) is 0 Å². The molecule has 0 fully saturated rings. The van der Waals surface area contributed by atoms with Gasteiger partial charge in [0.15, 0.2) is 0 Å². The molecule has 0 aliphatic carbocycles. The number of esters is 2. The zero-order valence-electron chi connectivity index (χ0n) is 18.7. The van der Waals surface area contributed by atoms with E-state index in [1.165, 1.54) is 0 Å². The van der Waals surface area contributed by atoms with Crippen LogP contribution in [0.25, 0.3) is 22.3 Å². The maximum absolute atomic E-state index is 13.5. The summed E-state index contributed by atoms with van der Waals surface area (Å²) in [6, 6.07) is 6.70. The van der Waals surface area contributed by atoms with Crippen molar-refractivity contribution in [2.45, 2.75) is 45.4 Å². The topological polar surface area (TPSA) is 134 Å². The molecule has 2 aliphatic rings. The number of fused-ring (bicyclic) bond motifs is 5. The van der Waals surface area contributed by atoms with Gasteiger partial charge in [-0.05, 0) is 42.7 Å². The van der Waals surface area contributed by atoms with E-state index in [-0.39, 0.29) is 42.3 Å². The molecule has 1 atom stereocenters. The lowest BCUT2D eigenvalue weighted by atomic mass is 9.85. The van der Waals surface area contributed by atoms with Crippen molar-refractivity contribution in [1.29, 1.82) is 0 Å². The van der Waals surface area contributed by atoms with Crippen LogP contribution in [0.4, 0.5) is 0 Å². The number of pyridine rings is 2. The predicted octanol–water partition coefficient (Wildman–Crippen LogP) is 2.28. The van der Waals surface area contributed by atoms with Gasteiger partial charge in [-0.2, -0.15) is 0 Å². The van der Waals surface area contributed by atoms with Crippen molar-refractivity contribution < 1.29 is 24.2 Å². The summed E-state index contributed by atoms with van der Waals surface area (Å²) in [6.07, 6.45) is 0.771. The average Bonchev–Trinajstić information content (AvgIpc) is 3.18. The molecule has 178 valence electrons. The smallest absolute Gasteiger partial charge is 0.355 e. The number of rotatable bonds is 4. The Balaban J connectivity index is 0.00000274. The third kappa shape index (κ3) is 3.19. The fourth-order valence-electron chi connectivity index (χ4n) is 4.95. The number of hydrogen-bond acceptors (Lipinski definition) is 8. The summed E-state index contributed by atoms with van der Waals surface area (Å²) in [5, 5.41) is 10.8. The van der Waals surface area contributed by atoms with E-state index >= 15 is 0 Å². The molecule has 5 rings (SSSR count). The predicted molar refractivity (Wildman–Crippen MR) is 126 cm³/mol. The normalized spacial score (nSPS) is 17.9. The molecule has 10 heteroatoms. The number of aromatic hydroxyl groups is 1. The number of cyclic esters (lactones) is 1. The Morgan fingerprint density at radius 2 is 2.03 bits per heavy atom. The number of phenolic OH excluding ortho intramolecular Hbond substituents is 1. The van der Waals surface area contributed by atoms with Crippen LogP contribution in [-0.2, 0) is 44.2 Å². The number of nitrogens with zero attached hydrogens (tertiary/aromatic N) is 2. The van der Waals surface area contributed by atoms with Crippen LogP contribution < -0.4 is 11.3 Å². The van der Waals surface area contributed by atoms with Gasteiger partial charge in [-0.15, -0.1) is 12.4 Å². The second-order valence-corrected chi connectivity index (χ2v) is 8.22. The van der Waals surface area contributed by atoms with Crippen LogP contribution in [0.5, 0.6) is 5.75 Å². The summed E-state index contributed by atoms with van der Waals surface area (Å²) in [7, 11) is 0. The fraction of sp³-hybridized carbons (Fsp3) is 0.333. The van der Waals surface area contributed by atoms with Gasteiger partial charge in [0.25, 0.3) is 5.56 Å². The Hall–Kier alpha value is -3.43. The molecule has 0 amide bonds. The Morgan fingerprint density at radius 3 is 2.71 bits per heavy atom. The molecule has 0 saturated carbocycles. The van der Waals surface area contributed by atoms with E-state index in [0.29, 0.717) is 35.4 Å². The Bertz CT molecular complexity index is 1420. The molecule has 2 aromatic heterocycles. The lowest BCUT2D eigenvalue weighted by Crippen LogP contribution is -2.48. The lowest BCUT2D eigenvalue weighted by Gasteiger charge is -2.35. The van der Waals surface area contributed by atoms with Gasteiger partial charge in [-0.1, -0.05) is 13.8 Å². The zero-order chi connectivity index (χ0) is 23.5. The highest BCUT2D eigenvalue weighted by atomic mass is 35.5. The van der Waals surface area contributed by atoms with Crippen molar-refractivity contribution in [1.82, 2.24) is 9.55 Å². The highest BCUT2D eigenvalue weighted by Crippen LogP contribution is 2.42. The van der Waals surface area contributed by atoms with Crippen molar-refractivity contribution >= 4 is 35.2 Å². The molecule has 0 spiro atoms. The van der Waals surface area contributed by atoms with Crippen LogP contribution in [0.2, 0.25) is 0 Å². The molecule has 3 aromatic rings. The minimum absolute atomic E-state index is 0. The highest BCUT2D eigenvalue weighted by Gasteiger charge is 2.50. The van der Waals surface area contributed by atoms with Crippen molar-refractivity contribution in [2.75, 3.05) is 6.54 Å². The van der Waals surface area contributed by atoms with E-state index in [4.69, 9.17) is 20.2 Å². The number of hydrogen-bond donors (Lipinski definition) is 2. The number of carbonyl (C=O) groups is 2. The first-order chi connectivity index (χ1) is 15.8. The van der Waals surface area contributed by atoms with Gasteiger partial charge in [0.2, 0.25) is 5.60 Å². The summed E-state index contributed by atoms with van der Waals surface area (Å²) in [6.45, 7) is 3.41. The minimum Gasteiger partial charge on any atom is -0.508 e. The molecule has 0 radical (unpaired) electrons. The number of nitrogens with two attached hydrogens (primary N) is 1. The summed E-state index contributed by atoms with van der Waals surface area (Å²) >= 11 is 0. The van der Waals surface area contributed by atoms with Crippen LogP contribution in [0.1, 0.15) is 42.5 Å². The first-order valence-electron chi connectivity index (χ1n) is 10.9. The number of aryl methyl sites for hydroxylation is 1. The molecular formula is C24H24ClN3O6. The van der Waals surface area contributed by atoms with E-state index in [1.54, 1.807) is 35.8 Å². The molecule has 34 heavy (non-hydrogen) atoms. The van der Waals surface area contributed by atoms with Crippen molar-refractivity contribution in [3.05, 3.63) is 56.9 Å². The molecule has 1 aromatic carbocycles. The van der Waals surface area contributed by atoms with Crippen LogP contribution in [0.3, 0.4) is 0 Å². The molecule has 9 nitrogen and oxygen atoms in total. The maximum atomic E-state index is 13.5. The molecule has 0 bridgehead atoms. The zero-order valence-corrected chi connectivity index (χ0v) is 19.5. The Labute approximate surface area is 200 Å². The van der Waals surface area contributed by atoms with Gasteiger partial charge in [0, 0.05) is 16.5 Å². The van der Waals surface area contributed by atoms with E-state index in [1.807, 2.05) is 6.92 Å². The monoisotopic (exact) mass is 485 g/mol.